The highest BCUT2D eigenvalue weighted by molar-refractivity contribution is 6.30. The van der Waals surface area contributed by atoms with E-state index in [1.165, 1.54) is 0 Å². The van der Waals surface area contributed by atoms with Gasteiger partial charge in [-0.1, -0.05) is 17.7 Å². The Hall–Kier alpha value is -1.52. The van der Waals surface area contributed by atoms with Crippen molar-refractivity contribution >= 4 is 17.3 Å². The number of benzene rings is 1. The van der Waals surface area contributed by atoms with Crippen LogP contribution in [0.15, 0.2) is 30.6 Å². The third-order valence-electron chi connectivity index (χ3n) is 2.45. The molecule has 1 aromatic heterocycles. The van der Waals surface area contributed by atoms with Crippen molar-refractivity contribution in [3.63, 3.8) is 0 Å². The van der Waals surface area contributed by atoms with E-state index in [0.717, 1.165) is 0 Å². The Morgan fingerprint density at radius 1 is 1.50 bits per heavy atom. The molecule has 0 aliphatic rings. The predicted octanol–water partition coefficient (Wildman–Crippen LogP) is 1.74. The second-order valence-electron chi connectivity index (χ2n) is 3.57. The second kappa shape index (κ2) is 4.15. The van der Waals surface area contributed by atoms with Crippen molar-refractivity contribution < 1.29 is 5.11 Å². The summed E-state index contributed by atoms with van der Waals surface area (Å²) in [6.07, 6.45) is 2.56. The summed E-state index contributed by atoms with van der Waals surface area (Å²) in [5.41, 5.74) is 6.87. The molecule has 4 nitrogen and oxygen atoms in total. The SMILES string of the molecule is Cn1ccnc1C(O)c1ccc(Cl)cc1N. The summed E-state index contributed by atoms with van der Waals surface area (Å²) < 4.78 is 1.75. The maximum atomic E-state index is 10.1. The predicted molar refractivity (Wildman–Crippen MR) is 63.1 cm³/mol. The molecule has 0 fully saturated rings. The highest BCUT2D eigenvalue weighted by atomic mass is 35.5. The van der Waals surface area contributed by atoms with Gasteiger partial charge in [0.2, 0.25) is 0 Å². The van der Waals surface area contributed by atoms with Crippen molar-refractivity contribution in [2.75, 3.05) is 5.73 Å². The van der Waals surface area contributed by atoms with Crippen molar-refractivity contribution in [1.29, 1.82) is 0 Å². The van der Waals surface area contributed by atoms with Gasteiger partial charge in [0.1, 0.15) is 11.9 Å². The maximum absolute atomic E-state index is 10.1. The number of hydrogen-bond acceptors (Lipinski definition) is 3. The topological polar surface area (TPSA) is 64.1 Å². The minimum Gasteiger partial charge on any atom is -0.398 e. The first kappa shape index (κ1) is 11.0. The Labute approximate surface area is 98.3 Å². The lowest BCUT2D eigenvalue weighted by molar-refractivity contribution is 0.207. The van der Waals surface area contributed by atoms with E-state index in [9.17, 15) is 5.11 Å². The molecule has 2 aromatic rings. The molecule has 0 spiro atoms. The number of halogens is 1. The largest absolute Gasteiger partial charge is 0.398 e. The zero-order valence-corrected chi connectivity index (χ0v) is 9.52. The Morgan fingerprint density at radius 3 is 2.81 bits per heavy atom. The fourth-order valence-corrected chi connectivity index (χ4v) is 1.75. The summed E-state index contributed by atoms with van der Waals surface area (Å²) in [5, 5.41) is 10.7. The molecule has 5 heteroatoms. The van der Waals surface area contributed by atoms with Gasteiger partial charge in [0, 0.05) is 35.7 Å². The lowest BCUT2D eigenvalue weighted by atomic mass is 10.1. The standard InChI is InChI=1S/C11H12ClN3O/c1-15-5-4-14-11(15)10(16)8-3-2-7(12)6-9(8)13/h2-6,10,16H,13H2,1H3. The van der Waals surface area contributed by atoms with E-state index in [1.54, 1.807) is 35.2 Å². The van der Waals surface area contributed by atoms with Gasteiger partial charge in [-0.25, -0.2) is 4.98 Å². The molecule has 84 valence electrons. The highest BCUT2D eigenvalue weighted by Gasteiger charge is 2.17. The quantitative estimate of drug-likeness (QED) is 0.782. The van der Waals surface area contributed by atoms with E-state index in [2.05, 4.69) is 4.98 Å². The average Bonchev–Trinajstić information content (AvgIpc) is 2.63. The first-order valence-corrected chi connectivity index (χ1v) is 5.17. The molecule has 0 saturated carbocycles. The van der Waals surface area contributed by atoms with Gasteiger partial charge in [-0.05, 0) is 12.1 Å². The summed E-state index contributed by atoms with van der Waals surface area (Å²) >= 11 is 5.80. The van der Waals surface area contributed by atoms with Crippen LogP contribution in [0, 0.1) is 0 Å². The highest BCUT2D eigenvalue weighted by Crippen LogP contribution is 2.27. The zero-order valence-electron chi connectivity index (χ0n) is 8.76. The third kappa shape index (κ3) is 1.89. The maximum Gasteiger partial charge on any atom is 0.142 e. The van der Waals surface area contributed by atoms with Crippen molar-refractivity contribution in [1.82, 2.24) is 9.55 Å². The number of nitrogens with two attached hydrogens (primary N) is 1. The molecule has 0 radical (unpaired) electrons. The monoisotopic (exact) mass is 237 g/mol. The van der Waals surface area contributed by atoms with E-state index >= 15 is 0 Å². The fourth-order valence-electron chi connectivity index (χ4n) is 1.57. The van der Waals surface area contributed by atoms with Crippen LogP contribution >= 0.6 is 11.6 Å². The van der Waals surface area contributed by atoms with Crippen molar-refractivity contribution in [3.05, 3.63) is 47.0 Å². The number of aliphatic hydroxyl groups excluding tert-OH is 1. The summed E-state index contributed by atoms with van der Waals surface area (Å²) in [4.78, 5) is 4.08. The second-order valence-corrected chi connectivity index (χ2v) is 4.01. The molecule has 2 rings (SSSR count). The molecule has 0 amide bonds. The van der Waals surface area contributed by atoms with Crippen LogP contribution in [-0.4, -0.2) is 14.7 Å². The van der Waals surface area contributed by atoms with Crippen molar-refractivity contribution in [3.8, 4) is 0 Å². The first-order valence-electron chi connectivity index (χ1n) is 4.80. The van der Waals surface area contributed by atoms with Gasteiger partial charge in [-0.15, -0.1) is 0 Å². The number of anilines is 1. The van der Waals surface area contributed by atoms with E-state index < -0.39 is 6.10 Å². The van der Waals surface area contributed by atoms with Gasteiger partial charge < -0.3 is 15.4 Å². The van der Waals surface area contributed by atoms with Gasteiger partial charge in [-0.3, -0.25) is 0 Å². The number of aryl methyl sites for hydroxylation is 1. The lowest BCUT2D eigenvalue weighted by Crippen LogP contribution is -2.09. The van der Waals surface area contributed by atoms with Gasteiger partial charge in [-0.2, -0.15) is 0 Å². The molecule has 1 aromatic carbocycles. The van der Waals surface area contributed by atoms with Gasteiger partial charge in [0.05, 0.1) is 0 Å². The molecule has 1 unspecified atom stereocenters. The molecule has 0 aliphatic carbocycles. The molecule has 0 aliphatic heterocycles. The molecule has 0 saturated heterocycles. The van der Waals surface area contributed by atoms with Crippen LogP contribution in [0.3, 0.4) is 0 Å². The number of hydrogen-bond donors (Lipinski definition) is 2. The third-order valence-corrected chi connectivity index (χ3v) is 2.68. The number of aromatic nitrogens is 2. The molecule has 3 N–H and O–H groups in total. The number of aliphatic hydroxyl groups is 1. The molecule has 16 heavy (non-hydrogen) atoms. The van der Waals surface area contributed by atoms with Gasteiger partial charge in [0.25, 0.3) is 0 Å². The molecular formula is C11H12ClN3O. The number of imidazole rings is 1. The van der Waals surface area contributed by atoms with Crippen LogP contribution in [0.25, 0.3) is 0 Å². The first-order chi connectivity index (χ1) is 7.59. The van der Waals surface area contributed by atoms with Crippen molar-refractivity contribution in [2.24, 2.45) is 7.05 Å². The molecule has 1 heterocycles. The van der Waals surface area contributed by atoms with Crippen LogP contribution in [0.1, 0.15) is 17.5 Å². The van der Waals surface area contributed by atoms with E-state index in [4.69, 9.17) is 17.3 Å². The summed E-state index contributed by atoms with van der Waals surface area (Å²) in [6.45, 7) is 0. The number of rotatable bonds is 2. The summed E-state index contributed by atoms with van der Waals surface area (Å²) in [5.74, 6) is 0.550. The summed E-state index contributed by atoms with van der Waals surface area (Å²) in [7, 11) is 1.82. The van der Waals surface area contributed by atoms with E-state index in [-0.39, 0.29) is 0 Å². The normalized spacial score (nSPS) is 12.7. The minimum atomic E-state index is -0.836. The molecular weight excluding hydrogens is 226 g/mol. The lowest BCUT2D eigenvalue weighted by Gasteiger charge is -2.13. The molecule has 1 atom stereocenters. The fraction of sp³-hybridized carbons (Fsp3) is 0.182. The Balaban J connectivity index is 2.41. The Bertz CT molecular complexity index is 510. The van der Waals surface area contributed by atoms with E-state index in [1.807, 2.05) is 7.05 Å². The zero-order chi connectivity index (χ0) is 11.7. The van der Waals surface area contributed by atoms with Crippen LogP contribution in [0.2, 0.25) is 5.02 Å². The van der Waals surface area contributed by atoms with Crippen LogP contribution in [0.4, 0.5) is 5.69 Å². The van der Waals surface area contributed by atoms with E-state index in [0.29, 0.717) is 22.1 Å². The molecule has 0 bridgehead atoms. The van der Waals surface area contributed by atoms with Crippen molar-refractivity contribution in [2.45, 2.75) is 6.10 Å². The Kier molecular flexibility index (Phi) is 2.85. The smallest absolute Gasteiger partial charge is 0.142 e. The number of nitrogen functional groups attached to an aromatic ring is 1. The number of nitrogens with zero attached hydrogens (tertiary/aromatic N) is 2. The Morgan fingerprint density at radius 2 is 2.25 bits per heavy atom. The van der Waals surface area contributed by atoms with Crippen LogP contribution in [-0.2, 0) is 7.05 Å². The minimum absolute atomic E-state index is 0.461. The van der Waals surface area contributed by atoms with Gasteiger partial charge in [0.15, 0.2) is 0 Å². The van der Waals surface area contributed by atoms with Crippen LogP contribution < -0.4 is 5.73 Å². The average molecular weight is 238 g/mol. The van der Waals surface area contributed by atoms with Gasteiger partial charge >= 0.3 is 0 Å². The van der Waals surface area contributed by atoms with Crippen LogP contribution in [0.5, 0.6) is 0 Å². The summed E-state index contributed by atoms with van der Waals surface area (Å²) in [6, 6.07) is 5.01.